The van der Waals surface area contributed by atoms with Crippen LogP contribution in [0.1, 0.15) is 10.4 Å². The number of carbonyl (C=O) groups is 1. The molecular formula is C20H15ClN6O2. The number of pyridine rings is 1. The number of nitrogens with one attached hydrogen (secondary N) is 2. The van der Waals surface area contributed by atoms with Crippen molar-refractivity contribution in [3.63, 3.8) is 0 Å². The van der Waals surface area contributed by atoms with Crippen LogP contribution in [0, 0.1) is 0 Å². The molecule has 8 nitrogen and oxygen atoms in total. The van der Waals surface area contributed by atoms with Crippen molar-refractivity contribution in [3.8, 4) is 11.6 Å². The minimum absolute atomic E-state index is 0.131. The van der Waals surface area contributed by atoms with Crippen molar-refractivity contribution in [2.24, 2.45) is 0 Å². The van der Waals surface area contributed by atoms with Crippen molar-refractivity contribution in [3.05, 3.63) is 77.7 Å². The normalized spacial score (nSPS) is 10.5. The molecule has 0 aliphatic heterocycles. The second kappa shape index (κ2) is 7.99. The number of hydrogen-bond donors (Lipinski definition) is 3. The van der Waals surface area contributed by atoms with Crippen LogP contribution in [0.3, 0.4) is 0 Å². The summed E-state index contributed by atoms with van der Waals surface area (Å²) in [6.45, 7) is 0. The van der Waals surface area contributed by atoms with E-state index in [1.807, 2.05) is 24.3 Å². The summed E-state index contributed by atoms with van der Waals surface area (Å²) < 4.78 is 5.86. The highest BCUT2D eigenvalue weighted by Crippen LogP contribution is 2.32. The molecule has 144 valence electrons. The molecule has 0 radical (unpaired) electrons. The summed E-state index contributed by atoms with van der Waals surface area (Å²) in [5, 5.41) is 1.38. The average molecular weight is 407 g/mol. The molecule has 2 aromatic heterocycles. The molecule has 0 saturated carbocycles. The largest absolute Gasteiger partial charge is 0.435 e. The number of nitrogens with zero attached hydrogens (tertiary/aromatic N) is 3. The number of fused-ring (bicyclic) bond motifs is 1. The molecule has 4 N–H and O–H groups in total. The van der Waals surface area contributed by atoms with Gasteiger partial charge >= 0.3 is 0 Å². The Morgan fingerprint density at radius 3 is 2.72 bits per heavy atom. The first-order valence-electron chi connectivity index (χ1n) is 8.56. The van der Waals surface area contributed by atoms with Crippen LogP contribution in [0.4, 0.5) is 11.5 Å². The number of nitrogens with two attached hydrogens (primary N) is 1. The third-order valence-corrected chi connectivity index (χ3v) is 4.27. The fraction of sp³-hybridized carbons (Fsp3) is 0. The van der Waals surface area contributed by atoms with Crippen LogP contribution in [0.2, 0.25) is 5.02 Å². The lowest BCUT2D eigenvalue weighted by atomic mass is 10.2. The zero-order valence-corrected chi connectivity index (χ0v) is 15.7. The van der Waals surface area contributed by atoms with Gasteiger partial charge in [0.05, 0.1) is 0 Å². The maximum atomic E-state index is 12.2. The van der Waals surface area contributed by atoms with E-state index in [0.29, 0.717) is 21.9 Å². The van der Waals surface area contributed by atoms with Gasteiger partial charge in [-0.15, -0.1) is 0 Å². The minimum Gasteiger partial charge on any atom is -0.435 e. The van der Waals surface area contributed by atoms with E-state index in [1.54, 1.807) is 36.5 Å². The van der Waals surface area contributed by atoms with E-state index < -0.39 is 5.91 Å². The number of hydrogen-bond acceptors (Lipinski definition) is 7. The maximum Gasteiger partial charge on any atom is 0.269 e. The second-order valence-electron chi connectivity index (χ2n) is 5.96. The number of para-hydroxylation sites is 1. The van der Waals surface area contributed by atoms with Crippen LogP contribution < -0.4 is 21.3 Å². The Morgan fingerprint density at radius 2 is 1.86 bits per heavy atom. The summed E-state index contributed by atoms with van der Waals surface area (Å²) in [6, 6.07) is 15.9. The molecule has 9 heteroatoms. The summed E-state index contributed by atoms with van der Waals surface area (Å²) in [4.78, 5) is 24.7. The molecule has 2 heterocycles. The van der Waals surface area contributed by atoms with E-state index in [1.165, 1.54) is 6.33 Å². The summed E-state index contributed by atoms with van der Waals surface area (Å²) in [5.41, 5.74) is 12.5. The van der Waals surface area contributed by atoms with Crippen LogP contribution in [-0.2, 0) is 0 Å². The Labute approximate surface area is 170 Å². The molecule has 29 heavy (non-hydrogen) atoms. The third kappa shape index (κ3) is 4.02. The SMILES string of the molecule is Nc1c(NNC(=O)c2cccc(Cl)c2)ncnc1Oc1cccc2cccnc12. The molecule has 4 rings (SSSR count). The molecule has 0 unspecified atom stereocenters. The molecule has 0 aliphatic rings. The van der Waals surface area contributed by atoms with Gasteiger partial charge in [0.25, 0.3) is 5.91 Å². The molecule has 0 spiro atoms. The molecule has 0 atom stereocenters. The van der Waals surface area contributed by atoms with Crippen molar-refractivity contribution in [1.29, 1.82) is 0 Å². The quantitative estimate of drug-likeness (QED) is 0.431. The predicted molar refractivity (Wildman–Crippen MR) is 111 cm³/mol. The van der Waals surface area contributed by atoms with Gasteiger partial charge in [-0.1, -0.05) is 35.9 Å². The summed E-state index contributed by atoms with van der Waals surface area (Å²) in [6.07, 6.45) is 2.95. The summed E-state index contributed by atoms with van der Waals surface area (Å²) >= 11 is 5.91. The first-order valence-corrected chi connectivity index (χ1v) is 8.93. The Morgan fingerprint density at radius 1 is 1.03 bits per heavy atom. The number of hydrazine groups is 1. The van der Waals surface area contributed by atoms with Gasteiger partial charge in [-0.25, -0.2) is 4.98 Å². The van der Waals surface area contributed by atoms with Crippen molar-refractivity contribution in [1.82, 2.24) is 20.4 Å². The molecule has 1 amide bonds. The monoisotopic (exact) mass is 406 g/mol. The van der Waals surface area contributed by atoms with Crippen LogP contribution in [0.25, 0.3) is 10.9 Å². The third-order valence-electron chi connectivity index (χ3n) is 4.03. The lowest BCUT2D eigenvalue weighted by molar-refractivity contribution is 0.0962. The molecule has 0 saturated heterocycles. The van der Waals surface area contributed by atoms with E-state index >= 15 is 0 Å². The molecule has 2 aromatic carbocycles. The first kappa shape index (κ1) is 18.5. The molecule has 0 aliphatic carbocycles. The lowest BCUT2D eigenvalue weighted by Gasteiger charge is -2.13. The smallest absolute Gasteiger partial charge is 0.269 e. The number of benzene rings is 2. The van der Waals surface area contributed by atoms with E-state index in [9.17, 15) is 4.79 Å². The summed E-state index contributed by atoms with van der Waals surface area (Å²) in [5.74, 6) is 0.435. The Hall–Kier alpha value is -3.91. The van der Waals surface area contributed by atoms with Gasteiger partial charge in [-0.2, -0.15) is 4.98 Å². The lowest BCUT2D eigenvalue weighted by Crippen LogP contribution is -2.30. The molecule has 0 bridgehead atoms. The predicted octanol–water partition coefficient (Wildman–Crippen LogP) is 3.81. The fourth-order valence-electron chi connectivity index (χ4n) is 2.64. The van der Waals surface area contributed by atoms with Crippen LogP contribution in [0.15, 0.2) is 67.1 Å². The number of anilines is 2. The average Bonchev–Trinajstić information content (AvgIpc) is 2.74. The van der Waals surface area contributed by atoms with Gasteiger partial charge in [0.2, 0.25) is 5.88 Å². The van der Waals surface area contributed by atoms with Gasteiger partial charge in [0.1, 0.15) is 17.5 Å². The number of aromatic nitrogens is 3. The zero-order valence-electron chi connectivity index (χ0n) is 15.0. The van der Waals surface area contributed by atoms with Crippen molar-refractivity contribution in [2.75, 3.05) is 11.2 Å². The van der Waals surface area contributed by atoms with Gasteiger partial charge in [-0.3, -0.25) is 20.6 Å². The van der Waals surface area contributed by atoms with Crippen molar-refractivity contribution in [2.45, 2.75) is 0 Å². The van der Waals surface area contributed by atoms with Crippen LogP contribution in [-0.4, -0.2) is 20.9 Å². The van der Waals surface area contributed by atoms with E-state index in [0.717, 1.165) is 5.39 Å². The van der Waals surface area contributed by atoms with Crippen LogP contribution in [0.5, 0.6) is 11.6 Å². The molecule has 0 fully saturated rings. The zero-order chi connectivity index (χ0) is 20.2. The maximum absolute atomic E-state index is 12.2. The number of amides is 1. The van der Waals surface area contributed by atoms with Gasteiger partial charge in [-0.05, 0) is 30.3 Å². The minimum atomic E-state index is -0.397. The van der Waals surface area contributed by atoms with Crippen molar-refractivity contribution < 1.29 is 9.53 Å². The number of rotatable bonds is 5. The van der Waals surface area contributed by atoms with E-state index in [4.69, 9.17) is 22.1 Å². The highest BCUT2D eigenvalue weighted by molar-refractivity contribution is 6.30. The fourth-order valence-corrected chi connectivity index (χ4v) is 2.83. The molecule has 4 aromatic rings. The van der Waals surface area contributed by atoms with Crippen LogP contribution >= 0.6 is 11.6 Å². The van der Waals surface area contributed by atoms with Gasteiger partial charge in [0, 0.05) is 22.2 Å². The van der Waals surface area contributed by atoms with Gasteiger partial charge in [0.15, 0.2) is 11.6 Å². The Kier molecular flexibility index (Phi) is 5.08. The number of nitrogen functional groups attached to an aromatic ring is 1. The van der Waals surface area contributed by atoms with E-state index in [2.05, 4.69) is 25.8 Å². The summed E-state index contributed by atoms with van der Waals surface area (Å²) in [7, 11) is 0. The second-order valence-corrected chi connectivity index (χ2v) is 6.40. The topological polar surface area (TPSA) is 115 Å². The van der Waals surface area contributed by atoms with E-state index in [-0.39, 0.29) is 17.4 Å². The number of ether oxygens (including phenoxy) is 1. The van der Waals surface area contributed by atoms with Crippen molar-refractivity contribution >= 4 is 39.9 Å². The standard InChI is InChI=1S/C20H15ClN6O2/c21-14-7-1-5-13(10-14)19(28)27-26-18-16(22)20(25-11-24-18)29-15-8-2-4-12-6-3-9-23-17(12)15/h1-11H,22H2,(H,27,28)(H,24,25,26). The number of carbonyl (C=O) groups excluding carboxylic acids is 1. The Balaban J connectivity index is 1.54. The van der Waals surface area contributed by atoms with Gasteiger partial charge < -0.3 is 10.5 Å². The highest BCUT2D eigenvalue weighted by atomic mass is 35.5. The molecular weight excluding hydrogens is 392 g/mol. The highest BCUT2D eigenvalue weighted by Gasteiger charge is 2.13. The number of halogens is 1. The Bertz CT molecular complexity index is 1200. The first-order chi connectivity index (χ1) is 14.1.